The van der Waals surface area contributed by atoms with Crippen LogP contribution in [0.1, 0.15) is 213 Å². The Hall–Kier alpha value is -0.660. The van der Waals surface area contributed by atoms with Crippen LogP contribution in [0, 0.1) is 0 Å². The van der Waals surface area contributed by atoms with Gasteiger partial charge in [0.05, 0.1) is 0 Å². The monoisotopic (exact) mass is 561 g/mol. The molecule has 0 amide bonds. The van der Waals surface area contributed by atoms with E-state index in [9.17, 15) is 0 Å². The van der Waals surface area contributed by atoms with E-state index in [1.165, 1.54) is 206 Å². The van der Waals surface area contributed by atoms with Gasteiger partial charge in [0.15, 0.2) is 0 Å². The number of nitrogens with zero attached hydrogens (tertiary/aromatic N) is 2. The maximum Gasteiger partial charge on any atom is 0.101 e. The van der Waals surface area contributed by atoms with Crippen molar-refractivity contribution in [1.82, 2.24) is 9.80 Å². The van der Waals surface area contributed by atoms with Crippen molar-refractivity contribution in [2.45, 2.75) is 220 Å². The molecule has 238 valence electrons. The summed E-state index contributed by atoms with van der Waals surface area (Å²) in [5.41, 5.74) is 0. The molecule has 0 aromatic rings. The van der Waals surface area contributed by atoms with Gasteiger partial charge in [0.1, 0.15) is 6.17 Å². The molecule has 0 aromatic carbocycles. The fourth-order valence-corrected chi connectivity index (χ4v) is 6.54. The second-order valence-electron chi connectivity index (χ2n) is 13.2. The first kappa shape index (κ1) is 37.4. The average Bonchev–Trinajstić information content (AvgIpc) is 3.35. The summed E-state index contributed by atoms with van der Waals surface area (Å²) in [6.45, 7) is 9.48. The van der Waals surface area contributed by atoms with Gasteiger partial charge >= 0.3 is 0 Å². The SMILES string of the molecule is CCCCCCCCCCCCCCCCCCN1C=CN(CCCCCCCCCC)C1CCCCCCC. The maximum absolute atomic E-state index is 2.70. The first-order valence-corrected chi connectivity index (χ1v) is 19.0. The molecule has 0 aromatic heterocycles. The van der Waals surface area contributed by atoms with Gasteiger partial charge in [0.2, 0.25) is 0 Å². The van der Waals surface area contributed by atoms with Crippen molar-refractivity contribution in [3.8, 4) is 0 Å². The minimum atomic E-state index is 0.641. The second kappa shape index (κ2) is 29.8. The van der Waals surface area contributed by atoms with E-state index in [-0.39, 0.29) is 0 Å². The topological polar surface area (TPSA) is 6.48 Å². The van der Waals surface area contributed by atoms with Gasteiger partial charge in [-0.15, -0.1) is 0 Å². The smallest absolute Gasteiger partial charge is 0.101 e. The van der Waals surface area contributed by atoms with E-state index >= 15 is 0 Å². The van der Waals surface area contributed by atoms with Crippen molar-refractivity contribution in [3.63, 3.8) is 0 Å². The van der Waals surface area contributed by atoms with Crippen LogP contribution in [-0.4, -0.2) is 29.1 Å². The van der Waals surface area contributed by atoms with Crippen LogP contribution in [0.3, 0.4) is 0 Å². The van der Waals surface area contributed by atoms with Crippen LogP contribution in [-0.2, 0) is 0 Å². The maximum atomic E-state index is 2.70. The second-order valence-corrected chi connectivity index (χ2v) is 13.2. The lowest BCUT2D eigenvalue weighted by molar-refractivity contribution is 0.135. The summed E-state index contributed by atoms with van der Waals surface area (Å²) in [6.07, 6.45) is 48.5. The third-order valence-electron chi connectivity index (χ3n) is 9.32. The predicted octanol–water partition coefficient (Wildman–Crippen LogP) is 13.2. The third kappa shape index (κ3) is 22.0. The van der Waals surface area contributed by atoms with Gasteiger partial charge in [0.25, 0.3) is 0 Å². The number of unbranched alkanes of at least 4 members (excludes halogenated alkanes) is 26. The molecule has 0 radical (unpaired) electrons. The lowest BCUT2D eigenvalue weighted by atomic mass is 10.0. The third-order valence-corrected chi connectivity index (χ3v) is 9.32. The Balaban J connectivity index is 2.10. The number of rotatable bonds is 32. The molecule has 1 aliphatic rings. The zero-order valence-electron chi connectivity index (χ0n) is 28.3. The molecular weight excluding hydrogens is 484 g/mol. The van der Waals surface area contributed by atoms with Gasteiger partial charge in [-0.2, -0.15) is 0 Å². The molecule has 0 aliphatic carbocycles. The first-order valence-electron chi connectivity index (χ1n) is 19.0. The standard InChI is InChI=1S/C38H76N2/c1-4-7-10-13-15-17-18-19-20-21-22-23-24-26-29-32-35-40-37-36-39(38(40)33-30-27-12-9-6-3)34-31-28-25-16-14-11-8-5-2/h36-38H,4-35H2,1-3H3. The zero-order chi connectivity index (χ0) is 28.8. The van der Waals surface area contributed by atoms with Crippen molar-refractivity contribution in [3.05, 3.63) is 12.4 Å². The van der Waals surface area contributed by atoms with Gasteiger partial charge in [-0.1, -0.05) is 188 Å². The molecule has 0 saturated heterocycles. The fourth-order valence-electron chi connectivity index (χ4n) is 6.54. The van der Waals surface area contributed by atoms with Crippen molar-refractivity contribution in [2.75, 3.05) is 13.1 Å². The van der Waals surface area contributed by atoms with Crippen molar-refractivity contribution in [1.29, 1.82) is 0 Å². The predicted molar refractivity (Wildman–Crippen MR) is 182 cm³/mol. The lowest BCUT2D eigenvalue weighted by Crippen LogP contribution is -2.39. The summed E-state index contributed by atoms with van der Waals surface area (Å²) in [4.78, 5) is 5.40. The Morgan fingerprint density at radius 3 is 0.875 bits per heavy atom. The van der Waals surface area contributed by atoms with Gasteiger partial charge in [-0.05, 0) is 25.7 Å². The first-order chi connectivity index (χ1) is 19.8. The fraction of sp³-hybridized carbons (Fsp3) is 0.947. The zero-order valence-corrected chi connectivity index (χ0v) is 28.3. The normalized spacial score (nSPS) is 15.1. The van der Waals surface area contributed by atoms with Crippen LogP contribution in [0.5, 0.6) is 0 Å². The molecule has 0 fully saturated rings. The van der Waals surface area contributed by atoms with Crippen LogP contribution >= 0.6 is 0 Å². The Morgan fingerprint density at radius 2 is 0.575 bits per heavy atom. The minimum absolute atomic E-state index is 0.641. The Morgan fingerprint density at radius 1 is 0.325 bits per heavy atom. The summed E-state index contributed by atoms with van der Waals surface area (Å²) < 4.78 is 0. The summed E-state index contributed by atoms with van der Waals surface area (Å²) in [5, 5.41) is 0. The average molecular weight is 561 g/mol. The Kier molecular flexibility index (Phi) is 27.9. The molecule has 1 atom stereocenters. The van der Waals surface area contributed by atoms with E-state index in [1.54, 1.807) is 0 Å². The van der Waals surface area contributed by atoms with E-state index in [1.807, 2.05) is 0 Å². The molecule has 0 spiro atoms. The van der Waals surface area contributed by atoms with E-state index in [0.717, 1.165) is 0 Å². The molecule has 2 heteroatoms. The Labute approximate surface area is 254 Å². The van der Waals surface area contributed by atoms with Crippen molar-refractivity contribution in [2.24, 2.45) is 0 Å². The minimum Gasteiger partial charge on any atom is -0.356 e. The molecule has 1 heterocycles. The van der Waals surface area contributed by atoms with Crippen LogP contribution in [0.2, 0.25) is 0 Å². The van der Waals surface area contributed by atoms with Crippen molar-refractivity contribution < 1.29 is 0 Å². The molecule has 1 rings (SSSR count). The van der Waals surface area contributed by atoms with E-state index in [2.05, 4.69) is 43.0 Å². The highest BCUT2D eigenvalue weighted by molar-refractivity contribution is 4.97. The van der Waals surface area contributed by atoms with Gasteiger partial charge in [0, 0.05) is 25.5 Å². The summed E-state index contributed by atoms with van der Waals surface area (Å²) in [5.74, 6) is 0. The number of hydrogen-bond donors (Lipinski definition) is 0. The highest BCUT2D eigenvalue weighted by Gasteiger charge is 2.24. The lowest BCUT2D eigenvalue weighted by Gasteiger charge is -2.33. The molecule has 1 aliphatic heterocycles. The molecule has 40 heavy (non-hydrogen) atoms. The van der Waals surface area contributed by atoms with Gasteiger partial charge < -0.3 is 9.80 Å². The largest absolute Gasteiger partial charge is 0.356 e. The molecule has 0 saturated carbocycles. The number of hydrogen-bond acceptors (Lipinski definition) is 2. The molecule has 0 bridgehead atoms. The van der Waals surface area contributed by atoms with Crippen LogP contribution in [0.25, 0.3) is 0 Å². The Bertz CT molecular complexity index is 516. The van der Waals surface area contributed by atoms with Crippen molar-refractivity contribution >= 4 is 0 Å². The van der Waals surface area contributed by atoms with Crippen LogP contribution in [0.4, 0.5) is 0 Å². The van der Waals surface area contributed by atoms with Gasteiger partial charge in [-0.25, -0.2) is 0 Å². The van der Waals surface area contributed by atoms with Crippen LogP contribution < -0.4 is 0 Å². The van der Waals surface area contributed by atoms with E-state index in [0.29, 0.717) is 6.17 Å². The summed E-state index contributed by atoms with van der Waals surface area (Å²) in [7, 11) is 0. The molecule has 0 N–H and O–H groups in total. The molecule has 2 nitrogen and oxygen atoms in total. The van der Waals surface area contributed by atoms with E-state index in [4.69, 9.17) is 0 Å². The highest BCUT2D eigenvalue weighted by Crippen LogP contribution is 2.24. The molecular formula is C38H76N2. The van der Waals surface area contributed by atoms with Crippen LogP contribution in [0.15, 0.2) is 12.4 Å². The highest BCUT2D eigenvalue weighted by atomic mass is 15.4. The summed E-state index contributed by atoms with van der Waals surface area (Å²) in [6, 6.07) is 0. The quantitative estimate of drug-likeness (QED) is 0.0755. The summed E-state index contributed by atoms with van der Waals surface area (Å²) >= 11 is 0. The van der Waals surface area contributed by atoms with Gasteiger partial charge in [-0.3, -0.25) is 0 Å². The molecule has 1 unspecified atom stereocenters. The van der Waals surface area contributed by atoms with E-state index < -0.39 is 0 Å².